The molecule has 1 aliphatic heterocycles. The monoisotopic (exact) mass is 315 g/mol. The molecule has 1 saturated heterocycles. The van der Waals surface area contributed by atoms with E-state index in [-0.39, 0.29) is 17.6 Å². The fourth-order valence-corrected chi connectivity index (χ4v) is 2.99. The van der Waals surface area contributed by atoms with E-state index in [1.807, 2.05) is 18.2 Å². The summed E-state index contributed by atoms with van der Waals surface area (Å²) in [4.78, 5) is 29.0. The Balaban J connectivity index is 1.57. The molecule has 0 atom stereocenters. The van der Waals surface area contributed by atoms with E-state index < -0.39 is 0 Å². The highest BCUT2D eigenvalue weighted by Crippen LogP contribution is 2.27. The number of ketones is 1. The first-order valence-corrected chi connectivity index (χ1v) is 8.47. The van der Waals surface area contributed by atoms with E-state index in [4.69, 9.17) is 0 Å². The normalized spacial score (nSPS) is 20.0. The molecule has 1 aromatic carbocycles. The summed E-state index contributed by atoms with van der Waals surface area (Å²) in [6.45, 7) is 4.32. The Labute approximate surface area is 137 Å². The number of carbonyl (C=O) groups is 2. The molecule has 5 nitrogen and oxygen atoms in total. The maximum Gasteiger partial charge on any atom is 0.227 e. The third-order valence-corrected chi connectivity index (χ3v) is 4.89. The molecule has 5 heteroatoms. The smallest absolute Gasteiger partial charge is 0.227 e. The fourth-order valence-electron chi connectivity index (χ4n) is 2.99. The molecular formula is C18H25N3O2. The predicted molar refractivity (Wildman–Crippen MR) is 90.7 cm³/mol. The zero-order valence-corrected chi connectivity index (χ0v) is 13.8. The first-order valence-electron chi connectivity index (χ1n) is 8.47. The van der Waals surface area contributed by atoms with Gasteiger partial charge in [0.15, 0.2) is 5.78 Å². The lowest BCUT2D eigenvalue weighted by Crippen LogP contribution is -2.46. The number of benzene rings is 1. The van der Waals surface area contributed by atoms with E-state index in [0.717, 1.165) is 51.1 Å². The standard InChI is InChI=1S/C18H25N3O2/c1-20-8-10-21(11-9-20)13-17(22)15-6-3-7-16(12-15)19-18(23)14-4-2-5-14/h3,6-7,12,14H,2,4-5,8-11,13H2,1H3,(H,19,23). The van der Waals surface area contributed by atoms with Gasteiger partial charge in [0.1, 0.15) is 0 Å². The van der Waals surface area contributed by atoms with Crippen LogP contribution in [-0.4, -0.2) is 61.3 Å². The molecule has 1 heterocycles. The van der Waals surface area contributed by atoms with Crippen molar-refractivity contribution in [3.05, 3.63) is 29.8 Å². The van der Waals surface area contributed by atoms with Gasteiger partial charge in [-0.3, -0.25) is 14.5 Å². The fraction of sp³-hybridized carbons (Fsp3) is 0.556. The molecule has 23 heavy (non-hydrogen) atoms. The van der Waals surface area contributed by atoms with Crippen molar-refractivity contribution in [3.8, 4) is 0 Å². The number of nitrogens with zero attached hydrogens (tertiary/aromatic N) is 2. The van der Waals surface area contributed by atoms with Crippen molar-refractivity contribution >= 4 is 17.4 Å². The van der Waals surface area contributed by atoms with Crippen LogP contribution in [0, 0.1) is 5.92 Å². The topological polar surface area (TPSA) is 52.6 Å². The average Bonchev–Trinajstić information content (AvgIpc) is 2.48. The number of hydrogen-bond donors (Lipinski definition) is 1. The van der Waals surface area contributed by atoms with Crippen LogP contribution in [-0.2, 0) is 4.79 Å². The van der Waals surface area contributed by atoms with Gasteiger partial charge in [-0.05, 0) is 32.0 Å². The van der Waals surface area contributed by atoms with Crippen LogP contribution < -0.4 is 5.32 Å². The number of rotatable bonds is 5. The molecule has 1 N–H and O–H groups in total. The minimum Gasteiger partial charge on any atom is -0.326 e. The number of amides is 1. The Morgan fingerprint density at radius 3 is 2.57 bits per heavy atom. The van der Waals surface area contributed by atoms with Gasteiger partial charge in [-0.15, -0.1) is 0 Å². The Morgan fingerprint density at radius 1 is 1.17 bits per heavy atom. The summed E-state index contributed by atoms with van der Waals surface area (Å²) in [5.41, 5.74) is 1.40. The number of hydrogen-bond acceptors (Lipinski definition) is 4. The minimum absolute atomic E-state index is 0.0833. The van der Waals surface area contributed by atoms with Crippen LogP contribution in [0.5, 0.6) is 0 Å². The van der Waals surface area contributed by atoms with Crippen LogP contribution in [0.3, 0.4) is 0 Å². The second-order valence-corrected chi connectivity index (χ2v) is 6.70. The number of nitrogens with one attached hydrogen (secondary N) is 1. The van der Waals surface area contributed by atoms with Crippen LogP contribution in [0.1, 0.15) is 29.6 Å². The molecule has 0 spiro atoms. The SMILES string of the molecule is CN1CCN(CC(=O)c2cccc(NC(=O)C3CCC3)c2)CC1. The summed E-state index contributed by atoms with van der Waals surface area (Å²) in [7, 11) is 2.10. The molecule has 0 unspecified atom stereocenters. The second-order valence-electron chi connectivity index (χ2n) is 6.70. The van der Waals surface area contributed by atoms with E-state index in [9.17, 15) is 9.59 Å². The van der Waals surface area contributed by atoms with Crippen molar-refractivity contribution in [2.45, 2.75) is 19.3 Å². The second kappa shape index (κ2) is 7.23. The number of anilines is 1. The molecule has 0 radical (unpaired) electrons. The van der Waals surface area contributed by atoms with Crippen molar-refractivity contribution in [3.63, 3.8) is 0 Å². The molecule has 1 amide bonds. The van der Waals surface area contributed by atoms with Gasteiger partial charge in [-0.25, -0.2) is 0 Å². The van der Waals surface area contributed by atoms with E-state index in [1.54, 1.807) is 6.07 Å². The van der Waals surface area contributed by atoms with E-state index in [1.165, 1.54) is 0 Å². The zero-order valence-electron chi connectivity index (χ0n) is 13.8. The van der Waals surface area contributed by atoms with Crippen molar-refractivity contribution in [1.29, 1.82) is 0 Å². The first kappa shape index (κ1) is 16.1. The average molecular weight is 315 g/mol. The van der Waals surface area contributed by atoms with Gasteiger partial charge in [-0.2, -0.15) is 0 Å². The number of Topliss-reactive ketones (excluding diaryl/α,β-unsaturated/α-hetero) is 1. The van der Waals surface area contributed by atoms with Gasteiger partial charge in [0, 0.05) is 43.3 Å². The summed E-state index contributed by atoms with van der Waals surface area (Å²) in [6.07, 6.45) is 3.10. The zero-order chi connectivity index (χ0) is 16.2. The molecule has 1 saturated carbocycles. The summed E-state index contributed by atoms with van der Waals surface area (Å²) < 4.78 is 0. The lowest BCUT2D eigenvalue weighted by Gasteiger charge is -2.31. The molecule has 124 valence electrons. The van der Waals surface area contributed by atoms with Crippen LogP contribution in [0.15, 0.2) is 24.3 Å². The van der Waals surface area contributed by atoms with Gasteiger partial charge in [0.25, 0.3) is 0 Å². The molecule has 0 aromatic heterocycles. The van der Waals surface area contributed by atoms with Crippen LogP contribution in [0.2, 0.25) is 0 Å². The third-order valence-electron chi connectivity index (χ3n) is 4.89. The number of carbonyl (C=O) groups excluding carboxylic acids is 2. The molecule has 2 aliphatic rings. The Morgan fingerprint density at radius 2 is 1.91 bits per heavy atom. The summed E-state index contributed by atoms with van der Waals surface area (Å²) in [5, 5.41) is 2.94. The summed E-state index contributed by atoms with van der Waals surface area (Å²) in [6, 6.07) is 7.32. The van der Waals surface area contributed by atoms with Gasteiger partial charge >= 0.3 is 0 Å². The van der Waals surface area contributed by atoms with Crippen molar-refractivity contribution in [2.24, 2.45) is 5.92 Å². The summed E-state index contributed by atoms with van der Waals surface area (Å²) >= 11 is 0. The van der Waals surface area contributed by atoms with Crippen molar-refractivity contribution in [2.75, 3.05) is 45.1 Å². The highest BCUT2D eigenvalue weighted by molar-refractivity contribution is 6.00. The van der Waals surface area contributed by atoms with E-state index in [2.05, 4.69) is 22.2 Å². The molecule has 1 aromatic rings. The Hall–Kier alpha value is -1.72. The quantitative estimate of drug-likeness (QED) is 0.843. The highest BCUT2D eigenvalue weighted by atomic mass is 16.2. The van der Waals surface area contributed by atoms with Crippen LogP contribution in [0.4, 0.5) is 5.69 Å². The van der Waals surface area contributed by atoms with Gasteiger partial charge in [0.05, 0.1) is 6.54 Å². The maximum atomic E-state index is 12.5. The predicted octanol–water partition coefficient (Wildman–Crippen LogP) is 1.86. The molecular weight excluding hydrogens is 290 g/mol. The molecule has 3 rings (SSSR count). The third kappa shape index (κ3) is 4.18. The number of likely N-dealkylation sites (N-methyl/N-ethyl adjacent to an activating group) is 1. The van der Waals surface area contributed by atoms with Crippen LogP contribution >= 0.6 is 0 Å². The number of piperazine rings is 1. The van der Waals surface area contributed by atoms with Crippen molar-refractivity contribution < 1.29 is 9.59 Å². The van der Waals surface area contributed by atoms with Gasteiger partial charge in [-0.1, -0.05) is 18.6 Å². The molecule has 1 aliphatic carbocycles. The van der Waals surface area contributed by atoms with Crippen LogP contribution in [0.25, 0.3) is 0 Å². The lowest BCUT2D eigenvalue weighted by molar-refractivity contribution is -0.122. The first-order chi connectivity index (χ1) is 11.1. The minimum atomic E-state index is 0.0833. The van der Waals surface area contributed by atoms with E-state index in [0.29, 0.717) is 12.1 Å². The van der Waals surface area contributed by atoms with Gasteiger partial charge < -0.3 is 10.2 Å². The Bertz CT molecular complexity index is 575. The lowest BCUT2D eigenvalue weighted by atomic mass is 9.85. The maximum absolute atomic E-state index is 12.5. The largest absolute Gasteiger partial charge is 0.326 e. The Kier molecular flexibility index (Phi) is 5.08. The summed E-state index contributed by atoms with van der Waals surface area (Å²) in [5.74, 6) is 0.355. The van der Waals surface area contributed by atoms with Gasteiger partial charge in [0.2, 0.25) is 5.91 Å². The molecule has 0 bridgehead atoms. The molecule has 2 fully saturated rings. The van der Waals surface area contributed by atoms with Crippen molar-refractivity contribution in [1.82, 2.24) is 9.80 Å². The van der Waals surface area contributed by atoms with E-state index >= 15 is 0 Å². The highest BCUT2D eigenvalue weighted by Gasteiger charge is 2.25.